The molecule has 0 unspecified atom stereocenters. The van der Waals surface area contributed by atoms with E-state index < -0.39 is 10.0 Å². The zero-order valence-electron chi connectivity index (χ0n) is 13.5. The Hall–Kier alpha value is -2.51. The lowest BCUT2D eigenvalue weighted by atomic mass is 10.1. The number of hydrogen-bond acceptors (Lipinski definition) is 4. The molecule has 0 aliphatic rings. The van der Waals surface area contributed by atoms with Crippen LogP contribution in [0.25, 0.3) is 10.9 Å². The van der Waals surface area contributed by atoms with Gasteiger partial charge in [-0.1, -0.05) is 11.6 Å². The molecule has 0 saturated carbocycles. The largest absolute Gasteiger partial charge is 0.495 e. The van der Waals surface area contributed by atoms with Crippen LogP contribution in [0.5, 0.6) is 5.75 Å². The van der Waals surface area contributed by atoms with Crippen molar-refractivity contribution in [2.45, 2.75) is 11.8 Å². The number of aromatic amines is 1. The first-order chi connectivity index (χ1) is 11.8. The summed E-state index contributed by atoms with van der Waals surface area (Å²) in [5.41, 5.74) is 1.35. The Morgan fingerprint density at radius 3 is 2.60 bits per heavy atom. The Morgan fingerprint density at radius 2 is 1.88 bits per heavy atom. The van der Waals surface area contributed by atoms with E-state index in [2.05, 4.69) is 9.71 Å². The summed E-state index contributed by atoms with van der Waals surface area (Å²) in [5, 5.41) is 1.00. The van der Waals surface area contributed by atoms with Crippen molar-refractivity contribution in [2.24, 2.45) is 0 Å². The molecule has 0 saturated heterocycles. The van der Waals surface area contributed by atoms with Crippen LogP contribution in [0.15, 0.2) is 52.2 Å². The maximum absolute atomic E-state index is 12.7. The van der Waals surface area contributed by atoms with E-state index in [1.54, 1.807) is 37.3 Å². The molecule has 0 atom stereocenters. The van der Waals surface area contributed by atoms with Crippen molar-refractivity contribution in [3.05, 3.63) is 63.4 Å². The van der Waals surface area contributed by atoms with Crippen molar-refractivity contribution in [2.75, 3.05) is 11.8 Å². The summed E-state index contributed by atoms with van der Waals surface area (Å²) in [6.45, 7) is 1.69. The van der Waals surface area contributed by atoms with Gasteiger partial charge in [0.2, 0.25) is 0 Å². The molecule has 3 rings (SSSR count). The first-order valence-electron chi connectivity index (χ1n) is 7.30. The van der Waals surface area contributed by atoms with Gasteiger partial charge in [-0.25, -0.2) is 8.42 Å². The number of hydrogen-bond donors (Lipinski definition) is 2. The standard InChI is InChI=1S/C17H15ClN2O4S/c1-10-7-11-8-13(4-5-14(11)19-17(10)21)20-25(22,23)16-9-12(18)3-6-15(16)24-2/h3-9,20H,1-2H3,(H,19,21). The number of rotatable bonds is 4. The minimum Gasteiger partial charge on any atom is -0.495 e. The van der Waals surface area contributed by atoms with Crippen molar-refractivity contribution < 1.29 is 13.2 Å². The van der Waals surface area contributed by atoms with E-state index >= 15 is 0 Å². The minimum absolute atomic E-state index is 0.0553. The highest BCUT2D eigenvalue weighted by Crippen LogP contribution is 2.29. The van der Waals surface area contributed by atoms with Gasteiger partial charge in [0, 0.05) is 27.2 Å². The van der Waals surface area contributed by atoms with Crippen LogP contribution in [0.1, 0.15) is 5.56 Å². The van der Waals surface area contributed by atoms with Crippen LogP contribution in [0, 0.1) is 6.92 Å². The molecule has 3 aromatic rings. The van der Waals surface area contributed by atoms with Crippen molar-refractivity contribution in [1.29, 1.82) is 0 Å². The fourth-order valence-corrected chi connectivity index (χ4v) is 3.93. The normalized spacial score (nSPS) is 11.5. The zero-order valence-corrected chi connectivity index (χ0v) is 15.0. The van der Waals surface area contributed by atoms with Gasteiger partial charge in [-0.15, -0.1) is 0 Å². The highest BCUT2D eigenvalue weighted by molar-refractivity contribution is 7.92. The number of ether oxygens (including phenoxy) is 1. The minimum atomic E-state index is -3.90. The number of nitrogens with one attached hydrogen (secondary N) is 2. The second kappa shape index (κ2) is 6.42. The van der Waals surface area contributed by atoms with Crippen LogP contribution in [0.3, 0.4) is 0 Å². The Kier molecular flexibility index (Phi) is 4.45. The summed E-state index contributed by atoms with van der Waals surface area (Å²) in [6, 6.07) is 10.9. The quantitative estimate of drug-likeness (QED) is 0.729. The third-order valence-corrected chi connectivity index (χ3v) is 5.33. The Balaban J connectivity index is 2.04. The lowest BCUT2D eigenvalue weighted by Crippen LogP contribution is -2.14. The summed E-state index contributed by atoms with van der Waals surface area (Å²) in [7, 11) is -2.51. The number of aromatic nitrogens is 1. The first-order valence-corrected chi connectivity index (χ1v) is 9.16. The van der Waals surface area contributed by atoms with E-state index in [9.17, 15) is 13.2 Å². The summed E-state index contributed by atoms with van der Waals surface area (Å²) >= 11 is 5.91. The van der Waals surface area contributed by atoms with Crippen molar-refractivity contribution >= 4 is 38.2 Å². The number of fused-ring (bicyclic) bond motifs is 1. The third kappa shape index (κ3) is 3.47. The summed E-state index contributed by atoms with van der Waals surface area (Å²) in [6.07, 6.45) is 0. The molecule has 0 bridgehead atoms. The van der Waals surface area contributed by atoms with E-state index in [1.807, 2.05) is 0 Å². The number of methoxy groups -OCH3 is 1. The van der Waals surface area contributed by atoms with Crippen molar-refractivity contribution in [3.63, 3.8) is 0 Å². The smallest absolute Gasteiger partial charge is 0.265 e. The third-order valence-electron chi connectivity index (χ3n) is 3.70. The average Bonchev–Trinajstić information content (AvgIpc) is 2.56. The van der Waals surface area contributed by atoms with Crippen LogP contribution in [0.4, 0.5) is 5.69 Å². The van der Waals surface area contributed by atoms with Crippen LogP contribution in [-0.2, 0) is 10.0 Å². The van der Waals surface area contributed by atoms with Gasteiger partial charge in [-0.05, 0) is 49.4 Å². The zero-order chi connectivity index (χ0) is 18.2. The molecular formula is C17H15ClN2O4S. The molecule has 1 heterocycles. The van der Waals surface area contributed by atoms with E-state index in [1.165, 1.54) is 19.2 Å². The second-order valence-electron chi connectivity index (χ2n) is 5.48. The van der Waals surface area contributed by atoms with Crippen molar-refractivity contribution in [1.82, 2.24) is 4.98 Å². The van der Waals surface area contributed by atoms with Gasteiger partial charge in [0.05, 0.1) is 7.11 Å². The molecule has 0 radical (unpaired) electrons. The molecule has 130 valence electrons. The topological polar surface area (TPSA) is 88.3 Å². The van der Waals surface area contributed by atoms with Gasteiger partial charge >= 0.3 is 0 Å². The number of anilines is 1. The van der Waals surface area contributed by atoms with E-state index in [0.29, 0.717) is 16.8 Å². The van der Waals surface area contributed by atoms with Crippen LogP contribution in [0.2, 0.25) is 5.02 Å². The van der Waals surface area contributed by atoms with Gasteiger partial charge in [0.1, 0.15) is 10.6 Å². The Bertz CT molecular complexity index is 1120. The van der Waals surface area contributed by atoms with Gasteiger partial charge in [-0.2, -0.15) is 0 Å². The van der Waals surface area contributed by atoms with Crippen molar-refractivity contribution in [3.8, 4) is 5.75 Å². The number of H-pyrrole nitrogens is 1. The molecule has 0 spiro atoms. The van der Waals surface area contributed by atoms with Crippen LogP contribution >= 0.6 is 11.6 Å². The second-order valence-corrected chi connectivity index (χ2v) is 7.57. The SMILES string of the molecule is COc1ccc(Cl)cc1S(=O)(=O)Nc1ccc2[nH]c(=O)c(C)cc2c1. The fraction of sp³-hybridized carbons (Fsp3) is 0.118. The van der Waals surface area contributed by atoms with Gasteiger partial charge in [0.25, 0.3) is 15.6 Å². The molecule has 0 aliphatic carbocycles. The van der Waals surface area contributed by atoms with Crippen LogP contribution in [-0.4, -0.2) is 20.5 Å². The highest BCUT2D eigenvalue weighted by Gasteiger charge is 2.20. The summed E-state index contributed by atoms with van der Waals surface area (Å²) in [4.78, 5) is 14.3. The molecule has 25 heavy (non-hydrogen) atoms. The molecule has 0 aliphatic heterocycles. The molecule has 0 amide bonds. The molecule has 2 aromatic carbocycles. The maximum atomic E-state index is 12.7. The summed E-state index contributed by atoms with van der Waals surface area (Å²) in [5.74, 6) is 0.192. The first kappa shape index (κ1) is 17.3. The number of halogens is 1. The average molecular weight is 379 g/mol. The molecule has 6 nitrogen and oxygen atoms in total. The number of aryl methyl sites for hydroxylation is 1. The van der Waals surface area contributed by atoms with Crippen LogP contribution < -0.4 is 15.0 Å². The van der Waals surface area contributed by atoms with Gasteiger partial charge < -0.3 is 9.72 Å². The van der Waals surface area contributed by atoms with E-state index in [-0.39, 0.29) is 21.2 Å². The van der Waals surface area contributed by atoms with Gasteiger partial charge in [0.15, 0.2) is 0 Å². The van der Waals surface area contributed by atoms with Gasteiger partial charge in [-0.3, -0.25) is 9.52 Å². The number of sulfonamides is 1. The predicted molar refractivity (Wildman–Crippen MR) is 98.1 cm³/mol. The molecular weight excluding hydrogens is 364 g/mol. The van der Waals surface area contributed by atoms with E-state index in [4.69, 9.17) is 16.3 Å². The highest BCUT2D eigenvalue weighted by atomic mass is 35.5. The lowest BCUT2D eigenvalue weighted by molar-refractivity contribution is 0.403. The molecule has 8 heteroatoms. The summed E-state index contributed by atoms with van der Waals surface area (Å²) < 4.78 is 33.0. The molecule has 0 fully saturated rings. The van der Waals surface area contributed by atoms with E-state index in [0.717, 1.165) is 5.39 Å². The molecule has 2 N–H and O–H groups in total. The molecule has 1 aromatic heterocycles. The predicted octanol–water partition coefficient (Wildman–Crippen LogP) is 3.30. The maximum Gasteiger partial charge on any atom is 0.265 e. The number of benzene rings is 2. The monoisotopic (exact) mass is 378 g/mol. The Labute approximate surface area is 149 Å². The number of pyridine rings is 1. The lowest BCUT2D eigenvalue weighted by Gasteiger charge is -2.12. The Morgan fingerprint density at radius 1 is 1.12 bits per heavy atom. The fourth-order valence-electron chi connectivity index (χ4n) is 2.45.